The summed E-state index contributed by atoms with van der Waals surface area (Å²) in [6, 6.07) is 11.1. The number of amides is 2. The summed E-state index contributed by atoms with van der Waals surface area (Å²) < 4.78 is 5.60. The SMILES string of the molecule is Cc1ccc(Cl)c(OC(C)C(=O)NCC(=O)Nc2c(C)cccc2C)c1. The lowest BCUT2D eigenvalue weighted by Gasteiger charge is -2.16. The van der Waals surface area contributed by atoms with Crippen LogP contribution in [-0.4, -0.2) is 24.5 Å². The minimum absolute atomic E-state index is 0.137. The average molecular weight is 375 g/mol. The Hall–Kier alpha value is -2.53. The normalized spacial score (nSPS) is 11.6. The Morgan fingerprint density at radius 3 is 2.42 bits per heavy atom. The minimum Gasteiger partial charge on any atom is -0.479 e. The van der Waals surface area contributed by atoms with Gasteiger partial charge in [0.25, 0.3) is 5.91 Å². The molecule has 2 amide bonds. The topological polar surface area (TPSA) is 67.4 Å². The molecule has 0 saturated carbocycles. The number of anilines is 1. The highest BCUT2D eigenvalue weighted by atomic mass is 35.5. The Morgan fingerprint density at radius 2 is 1.77 bits per heavy atom. The molecule has 0 radical (unpaired) electrons. The lowest BCUT2D eigenvalue weighted by Crippen LogP contribution is -2.40. The molecule has 6 heteroatoms. The van der Waals surface area contributed by atoms with Crippen LogP contribution in [-0.2, 0) is 9.59 Å². The first-order valence-electron chi connectivity index (χ1n) is 8.34. The number of carbonyl (C=O) groups excluding carboxylic acids is 2. The van der Waals surface area contributed by atoms with Crippen LogP contribution in [0.25, 0.3) is 0 Å². The summed E-state index contributed by atoms with van der Waals surface area (Å²) >= 11 is 6.07. The maximum absolute atomic E-state index is 12.2. The standard InChI is InChI=1S/C20H23ClN2O3/c1-12-8-9-16(21)17(10-12)26-15(4)20(25)22-11-18(24)23-19-13(2)6-5-7-14(19)3/h5-10,15H,11H2,1-4H3,(H,22,25)(H,23,24). The fraction of sp³-hybridized carbons (Fsp3) is 0.300. The Balaban J connectivity index is 1.89. The molecule has 2 aromatic carbocycles. The van der Waals surface area contributed by atoms with Gasteiger partial charge in [-0.25, -0.2) is 0 Å². The summed E-state index contributed by atoms with van der Waals surface area (Å²) in [6.45, 7) is 7.22. The van der Waals surface area contributed by atoms with Gasteiger partial charge in [-0.15, -0.1) is 0 Å². The van der Waals surface area contributed by atoms with Crippen molar-refractivity contribution in [3.05, 3.63) is 58.1 Å². The van der Waals surface area contributed by atoms with E-state index in [0.29, 0.717) is 10.8 Å². The fourth-order valence-electron chi connectivity index (χ4n) is 2.45. The third-order valence-corrected chi connectivity index (χ3v) is 4.24. The van der Waals surface area contributed by atoms with Gasteiger partial charge in [0, 0.05) is 5.69 Å². The lowest BCUT2D eigenvalue weighted by molar-refractivity contribution is -0.129. The largest absolute Gasteiger partial charge is 0.479 e. The maximum atomic E-state index is 12.2. The zero-order valence-corrected chi connectivity index (χ0v) is 16.1. The van der Waals surface area contributed by atoms with Gasteiger partial charge in [0.05, 0.1) is 11.6 Å². The first-order valence-corrected chi connectivity index (χ1v) is 8.72. The molecule has 5 nitrogen and oxygen atoms in total. The van der Waals surface area contributed by atoms with Gasteiger partial charge in [-0.1, -0.05) is 35.9 Å². The molecule has 0 aliphatic rings. The predicted octanol–water partition coefficient (Wildman–Crippen LogP) is 3.79. The summed E-state index contributed by atoms with van der Waals surface area (Å²) in [5.41, 5.74) is 3.68. The number of rotatable bonds is 6. The monoisotopic (exact) mass is 374 g/mol. The van der Waals surface area contributed by atoms with Gasteiger partial charge in [-0.3, -0.25) is 9.59 Å². The van der Waals surface area contributed by atoms with Gasteiger partial charge in [0.1, 0.15) is 5.75 Å². The van der Waals surface area contributed by atoms with Crippen LogP contribution in [0.4, 0.5) is 5.69 Å². The van der Waals surface area contributed by atoms with E-state index in [2.05, 4.69) is 10.6 Å². The first-order chi connectivity index (χ1) is 12.3. The highest BCUT2D eigenvalue weighted by Gasteiger charge is 2.17. The van der Waals surface area contributed by atoms with E-state index >= 15 is 0 Å². The van der Waals surface area contributed by atoms with Gasteiger partial charge in [-0.05, 0) is 56.5 Å². The Morgan fingerprint density at radius 1 is 1.12 bits per heavy atom. The molecule has 0 saturated heterocycles. The van der Waals surface area contributed by atoms with Crippen molar-refractivity contribution in [3.63, 3.8) is 0 Å². The number of halogens is 1. The second-order valence-corrected chi connectivity index (χ2v) is 6.63. The van der Waals surface area contributed by atoms with Crippen LogP contribution in [0.3, 0.4) is 0 Å². The predicted molar refractivity (Wildman–Crippen MR) is 104 cm³/mol. The average Bonchev–Trinajstić information content (AvgIpc) is 2.59. The molecule has 0 heterocycles. The minimum atomic E-state index is -0.776. The number of nitrogens with one attached hydrogen (secondary N) is 2. The van der Waals surface area contributed by atoms with E-state index in [1.807, 2.05) is 45.0 Å². The van der Waals surface area contributed by atoms with Crippen LogP contribution >= 0.6 is 11.6 Å². The zero-order chi connectivity index (χ0) is 19.3. The maximum Gasteiger partial charge on any atom is 0.261 e. The third-order valence-electron chi connectivity index (χ3n) is 3.93. The number of carbonyl (C=O) groups is 2. The molecule has 2 N–H and O–H groups in total. The van der Waals surface area contributed by atoms with E-state index in [9.17, 15) is 9.59 Å². The molecule has 0 aromatic heterocycles. The van der Waals surface area contributed by atoms with Crippen molar-refractivity contribution in [1.29, 1.82) is 0 Å². The molecule has 1 atom stereocenters. The summed E-state index contributed by atoms with van der Waals surface area (Å²) in [5, 5.41) is 5.83. The molecule has 1 unspecified atom stereocenters. The van der Waals surface area contributed by atoms with Crippen LogP contribution in [0, 0.1) is 20.8 Å². The van der Waals surface area contributed by atoms with Crippen molar-refractivity contribution in [1.82, 2.24) is 5.32 Å². The molecule has 2 aromatic rings. The molecule has 26 heavy (non-hydrogen) atoms. The van der Waals surface area contributed by atoms with Crippen molar-refractivity contribution in [3.8, 4) is 5.75 Å². The van der Waals surface area contributed by atoms with Crippen molar-refractivity contribution in [2.24, 2.45) is 0 Å². The molecule has 0 fully saturated rings. The number of aryl methyl sites for hydroxylation is 3. The molecule has 0 bridgehead atoms. The van der Waals surface area contributed by atoms with E-state index < -0.39 is 6.10 Å². The number of benzene rings is 2. The number of ether oxygens (including phenoxy) is 1. The van der Waals surface area contributed by atoms with Crippen LogP contribution < -0.4 is 15.4 Å². The summed E-state index contributed by atoms with van der Waals surface area (Å²) in [5.74, 6) is -0.245. The second-order valence-electron chi connectivity index (χ2n) is 6.23. The first kappa shape index (κ1) is 19.8. The molecule has 0 aliphatic heterocycles. The summed E-state index contributed by atoms with van der Waals surface area (Å²) in [6.07, 6.45) is -0.776. The lowest BCUT2D eigenvalue weighted by atomic mass is 10.1. The highest BCUT2D eigenvalue weighted by molar-refractivity contribution is 6.32. The Labute approximate surface area is 158 Å². The fourth-order valence-corrected chi connectivity index (χ4v) is 2.61. The molecule has 138 valence electrons. The molecule has 0 aliphatic carbocycles. The number of hydrogen-bond donors (Lipinski definition) is 2. The molecular weight excluding hydrogens is 352 g/mol. The van der Waals surface area contributed by atoms with Crippen LogP contribution in [0.5, 0.6) is 5.75 Å². The zero-order valence-electron chi connectivity index (χ0n) is 15.4. The van der Waals surface area contributed by atoms with Gasteiger partial charge >= 0.3 is 0 Å². The van der Waals surface area contributed by atoms with Crippen molar-refractivity contribution in [2.45, 2.75) is 33.8 Å². The van der Waals surface area contributed by atoms with Gasteiger partial charge in [-0.2, -0.15) is 0 Å². The van der Waals surface area contributed by atoms with Crippen LogP contribution in [0.2, 0.25) is 5.02 Å². The van der Waals surface area contributed by atoms with Crippen LogP contribution in [0.15, 0.2) is 36.4 Å². The van der Waals surface area contributed by atoms with E-state index in [4.69, 9.17) is 16.3 Å². The van der Waals surface area contributed by atoms with E-state index in [-0.39, 0.29) is 18.4 Å². The molecule has 0 spiro atoms. The smallest absolute Gasteiger partial charge is 0.261 e. The molecular formula is C20H23ClN2O3. The Kier molecular flexibility index (Phi) is 6.64. The second kappa shape index (κ2) is 8.72. The van der Waals surface area contributed by atoms with E-state index in [1.165, 1.54) is 0 Å². The highest BCUT2D eigenvalue weighted by Crippen LogP contribution is 2.26. The Bertz CT molecular complexity index is 800. The van der Waals surface area contributed by atoms with Gasteiger partial charge in [0.15, 0.2) is 6.10 Å². The van der Waals surface area contributed by atoms with Gasteiger partial charge in [0.2, 0.25) is 5.91 Å². The summed E-state index contributed by atoms with van der Waals surface area (Å²) in [7, 11) is 0. The van der Waals surface area contributed by atoms with Crippen molar-refractivity contribution >= 4 is 29.1 Å². The van der Waals surface area contributed by atoms with Gasteiger partial charge < -0.3 is 15.4 Å². The van der Waals surface area contributed by atoms with E-state index in [1.54, 1.807) is 19.1 Å². The van der Waals surface area contributed by atoms with Crippen LogP contribution in [0.1, 0.15) is 23.6 Å². The van der Waals surface area contributed by atoms with E-state index in [0.717, 1.165) is 22.4 Å². The van der Waals surface area contributed by atoms with Crippen molar-refractivity contribution < 1.29 is 14.3 Å². The quantitative estimate of drug-likeness (QED) is 0.808. The molecule has 2 rings (SSSR count). The number of para-hydroxylation sites is 1. The number of hydrogen-bond acceptors (Lipinski definition) is 3. The summed E-state index contributed by atoms with van der Waals surface area (Å²) in [4.78, 5) is 24.3. The third kappa shape index (κ3) is 5.23. The van der Waals surface area contributed by atoms with Crippen molar-refractivity contribution in [2.75, 3.05) is 11.9 Å².